The van der Waals surface area contributed by atoms with Crippen molar-refractivity contribution < 1.29 is 9.53 Å². The first-order valence-corrected chi connectivity index (χ1v) is 6.26. The largest absolute Gasteiger partial charge is 0.468 e. The third kappa shape index (κ3) is 4.85. The van der Waals surface area contributed by atoms with Crippen LogP contribution in [0.2, 0.25) is 0 Å². The summed E-state index contributed by atoms with van der Waals surface area (Å²) >= 11 is 0. The Bertz CT molecular complexity index is 363. The highest BCUT2D eigenvalue weighted by Crippen LogP contribution is 2.08. The Labute approximate surface area is 109 Å². The summed E-state index contributed by atoms with van der Waals surface area (Å²) in [4.78, 5) is 13.4. The smallest absolute Gasteiger partial charge is 0.319 e. The van der Waals surface area contributed by atoms with Crippen LogP contribution >= 0.6 is 0 Å². The average Bonchev–Trinajstić information content (AvgIpc) is 2.39. The van der Waals surface area contributed by atoms with Crippen molar-refractivity contribution in [2.75, 3.05) is 20.2 Å². The molecule has 4 heteroatoms. The number of methoxy groups -OCH3 is 1. The maximum atomic E-state index is 11.3. The Morgan fingerprint density at radius 2 is 1.89 bits per heavy atom. The summed E-state index contributed by atoms with van der Waals surface area (Å²) in [6.45, 7) is 4.63. The molecule has 0 aliphatic heterocycles. The Morgan fingerprint density at radius 1 is 1.28 bits per heavy atom. The van der Waals surface area contributed by atoms with E-state index in [1.165, 1.54) is 12.7 Å². The number of hydrogen-bond acceptors (Lipinski definition) is 4. The minimum atomic E-state index is -0.193. The number of rotatable bonds is 7. The van der Waals surface area contributed by atoms with Gasteiger partial charge in [-0.2, -0.15) is 0 Å². The Balaban J connectivity index is 2.60. The molecule has 0 bridgehead atoms. The second-order valence-electron chi connectivity index (χ2n) is 4.31. The summed E-state index contributed by atoms with van der Waals surface area (Å²) in [5.41, 5.74) is 7.87. The molecule has 0 spiro atoms. The Morgan fingerprint density at radius 3 is 2.39 bits per heavy atom. The van der Waals surface area contributed by atoms with E-state index in [1.807, 2.05) is 12.1 Å². The zero-order chi connectivity index (χ0) is 13.4. The predicted molar refractivity (Wildman–Crippen MR) is 71.9 cm³/mol. The highest BCUT2D eigenvalue weighted by Gasteiger charge is 2.10. The fraction of sp³-hybridized carbons (Fsp3) is 0.500. The molecule has 0 saturated heterocycles. The summed E-state index contributed by atoms with van der Waals surface area (Å²) in [5.74, 6) is -0.193. The summed E-state index contributed by atoms with van der Waals surface area (Å²) in [6, 6.07) is 8.17. The van der Waals surface area contributed by atoms with E-state index in [-0.39, 0.29) is 5.97 Å². The predicted octanol–water partition coefficient (Wildman–Crippen LogP) is 1.53. The van der Waals surface area contributed by atoms with Crippen molar-refractivity contribution in [1.29, 1.82) is 0 Å². The molecule has 0 aliphatic rings. The summed E-state index contributed by atoms with van der Waals surface area (Å²) in [5, 5.41) is 0. The van der Waals surface area contributed by atoms with Gasteiger partial charge in [-0.15, -0.1) is 0 Å². The quantitative estimate of drug-likeness (QED) is 0.746. The molecule has 0 unspecified atom stereocenters. The van der Waals surface area contributed by atoms with Crippen molar-refractivity contribution in [3.05, 3.63) is 35.4 Å². The van der Waals surface area contributed by atoms with Crippen LogP contribution in [-0.4, -0.2) is 31.1 Å². The minimum absolute atomic E-state index is 0.193. The van der Waals surface area contributed by atoms with Crippen molar-refractivity contribution in [2.45, 2.75) is 26.4 Å². The van der Waals surface area contributed by atoms with Crippen LogP contribution in [-0.2, 0) is 22.6 Å². The van der Waals surface area contributed by atoms with Crippen molar-refractivity contribution in [3.63, 3.8) is 0 Å². The van der Waals surface area contributed by atoms with Crippen LogP contribution in [0.15, 0.2) is 24.3 Å². The molecule has 1 aromatic carbocycles. The molecule has 4 nitrogen and oxygen atoms in total. The molecule has 100 valence electrons. The minimum Gasteiger partial charge on any atom is -0.468 e. The number of nitrogens with zero attached hydrogens (tertiary/aromatic N) is 1. The van der Waals surface area contributed by atoms with Gasteiger partial charge in [-0.1, -0.05) is 31.2 Å². The number of nitrogens with two attached hydrogens (primary N) is 1. The van der Waals surface area contributed by atoms with Gasteiger partial charge in [0.25, 0.3) is 0 Å². The van der Waals surface area contributed by atoms with Gasteiger partial charge in [0.1, 0.15) is 0 Å². The Kier molecular flexibility index (Phi) is 6.39. The number of esters is 1. The van der Waals surface area contributed by atoms with E-state index in [1.54, 1.807) is 0 Å². The molecular formula is C14H22N2O2. The molecule has 18 heavy (non-hydrogen) atoms. The van der Waals surface area contributed by atoms with Gasteiger partial charge in [0.2, 0.25) is 0 Å². The monoisotopic (exact) mass is 250 g/mol. The van der Waals surface area contributed by atoms with Gasteiger partial charge in [-0.05, 0) is 24.1 Å². The fourth-order valence-corrected chi connectivity index (χ4v) is 1.82. The van der Waals surface area contributed by atoms with Crippen LogP contribution in [0.1, 0.15) is 24.5 Å². The van der Waals surface area contributed by atoms with Crippen molar-refractivity contribution in [1.82, 2.24) is 4.90 Å². The summed E-state index contributed by atoms with van der Waals surface area (Å²) in [7, 11) is 1.42. The van der Waals surface area contributed by atoms with Crippen LogP contribution in [0.25, 0.3) is 0 Å². The number of ether oxygens (including phenoxy) is 1. The molecule has 1 aromatic rings. The molecule has 0 aromatic heterocycles. The van der Waals surface area contributed by atoms with E-state index in [0.29, 0.717) is 13.1 Å². The van der Waals surface area contributed by atoms with Crippen LogP contribution in [0.5, 0.6) is 0 Å². The van der Waals surface area contributed by atoms with E-state index < -0.39 is 0 Å². The molecule has 0 radical (unpaired) electrons. The lowest BCUT2D eigenvalue weighted by Crippen LogP contribution is -2.30. The zero-order valence-corrected chi connectivity index (χ0v) is 11.2. The molecule has 0 heterocycles. The van der Waals surface area contributed by atoms with Crippen molar-refractivity contribution >= 4 is 5.97 Å². The maximum Gasteiger partial charge on any atom is 0.319 e. The lowest BCUT2D eigenvalue weighted by molar-refractivity contribution is -0.142. The molecule has 1 rings (SSSR count). The van der Waals surface area contributed by atoms with Gasteiger partial charge in [-0.3, -0.25) is 9.69 Å². The van der Waals surface area contributed by atoms with Gasteiger partial charge in [0, 0.05) is 13.1 Å². The highest BCUT2D eigenvalue weighted by molar-refractivity contribution is 5.71. The fourth-order valence-electron chi connectivity index (χ4n) is 1.82. The number of hydrogen-bond donors (Lipinski definition) is 1. The number of benzene rings is 1. The molecule has 0 atom stereocenters. The first kappa shape index (κ1) is 14.7. The van der Waals surface area contributed by atoms with E-state index in [0.717, 1.165) is 25.1 Å². The first-order valence-electron chi connectivity index (χ1n) is 6.26. The maximum absolute atomic E-state index is 11.3. The SMILES string of the molecule is CCCN(CC(=O)OC)Cc1ccc(CN)cc1. The van der Waals surface area contributed by atoms with Gasteiger partial charge < -0.3 is 10.5 Å². The van der Waals surface area contributed by atoms with Crippen LogP contribution in [0, 0.1) is 0 Å². The van der Waals surface area contributed by atoms with Gasteiger partial charge >= 0.3 is 5.97 Å². The number of carbonyl (C=O) groups excluding carboxylic acids is 1. The van der Waals surface area contributed by atoms with Gasteiger partial charge in [-0.25, -0.2) is 0 Å². The van der Waals surface area contributed by atoms with E-state index in [9.17, 15) is 4.79 Å². The lowest BCUT2D eigenvalue weighted by atomic mass is 10.1. The topological polar surface area (TPSA) is 55.6 Å². The third-order valence-corrected chi connectivity index (χ3v) is 2.79. The second kappa shape index (κ2) is 7.84. The summed E-state index contributed by atoms with van der Waals surface area (Å²) < 4.78 is 4.70. The molecule has 0 aliphatic carbocycles. The normalized spacial score (nSPS) is 10.7. The molecule has 2 N–H and O–H groups in total. The second-order valence-corrected chi connectivity index (χ2v) is 4.31. The van der Waals surface area contributed by atoms with Gasteiger partial charge in [0.05, 0.1) is 13.7 Å². The van der Waals surface area contributed by atoms with Crippen LogP contribution in [0.3, 0.4) is 0 Å². The lowest BCUT2D eigenvalue weighted by Gasteiger charge is -2.20. The Hall–Kier alpha value is -1.39. The number of carbonyl (C=O) groups is 1. The molecule has 0 fully saturated rings. The molecular weight excluding hydrogens is 228 g/mol. The molecule has 0 amide bonds. The first-order chi connectivity index (χ1) is 8.69. The van der Waals surface area contributed by atoms with Crippen molar-refractivity contribution in [2.24, 2.45) is 5.73 Å². The van der Waals surface area contributed by atoms with Crippen LogP contribution in [0.4, 0.5) is 0 Å². The third-order valence-electron chi connectivity index (χ3n) is 2.79. The summed E-state index contributed by atoms with van der Waals surface area (Å²) in [6.07, 6.45) is 1.01. The standard InChI is InChI=1S/C14H22N2O2/c1-3-8-16(11-14(17)18-2)10-13-6-4-12(9-15)5-7-13/h4-7H,3,8-11,15H2,1-2H3. The van der Waals surface area contributed by atoms with E-state index in [4.69, 9.17) is 10.5 Å². The van der Waals surface area contributed by atoms with Crippen LogP contribution < -0.4 is 5.73 Å². The highest BCUT2D eigenvalue weighted by atomic mass is 16.5. The zero-order valence-electron chi connectivity index (χ0n) is 11.2. The van der Waals surface area contributed by atoms with Crippen molar-refractivity contribution in [3.8, 4) is 0 Å². The average molecular weight is 250 g/mol. The van der Waals surface area contributed by atoms with E-state index >= 15 is 0 Å². The van der Waals surface area contributed by atoms with Gasteiger partial charge in [0.15, 0.2) is 0 Å². The van der Waals surface area contributed by atoms with E-state index in [2.05, 4.69) is 24.0 Å². The molecule has 0 saturated carbocycles.